The number of aliphatic carboxylic acids is 1. The lowest BCUT2D eigenvalue weighted by molar-refractivity contribution is -0.138. The quantitative estimate of drug-likeness (QED) is 0.745. The zero-order chi connectivity index (χ0) is 19.2. The van der Waals surface area contributed by atoms with Crippen LogP contribution in [0.4, 0.5) is 8.78 Å². The third-order valence-electron chi connectivity index (χ3n) is 4.41. The number of carbonyl (C=O) groups is 2. The Kier molecular flexibility index (Phi) is 4.23. The average Bonchev–Trinajstić information content (AvgIpc) is 2.89. The van der Waals surface area contributed by atoms with Gasteiger partial charge in [-0.15, -0.1) is 0 Å². The first kappa shape index (κ1) is 17.6. The van der Waals surface area contributed by atoms with Crippen molar-refractivity contribution < 1.29 is 28.6 Å². The molecule has 134 valence electrons. The van der Waals surface area contributed by atoms with E-state index in [0.717, 1.165) is 16.7 Å². The fourth-order valence-electron chi connectivity index (χ4n) is 3.15. The number of carboxylic acid groups (broad SMARTS) is 1. The molecule has 0 amide bonds. The number of carbonyl (C=O) groups excluding carboxylic acids is 1. The van der Waals surface area contributed by atoms with E-state index in [1.54, 1.807) is 0 Å². The molecule has 5 nitrogen and oxygen atoms in total. The largest absolute Gasteiger partial charge is 0.505 e. The lowest BCUT2D eigenvalue weighted by Gasteiger charge is -2.09. The van der Waals surface area contributed by atoms with Gasteiger partial charge in [0, 0.05) is 16.6 Å². The molecule has 2 aromatic carbocycles. The van der Waals surface area contributed by atoms with E-state index in [4.69, 9.17) is 0 Å². The van der Waals surface area contributed by atoms with Gasteiger partial charge in [0.25, 0.3) is 5.91 Å². The number of phenols is 1. The molecule has 0 aliphatic heterocycles. The molecule has 3 aromatic rings. The van der Waals surface area contributed by atoms with E-state index in [1.165, 1.54) is 38.1 Å². The van der Waals surface area contributed by atoms with Crippen molar-refractivity contribution >= 4 is 22.8 Å². The lowest BCUT2D eigenvalue weighted by Crippen LogP contribution is -2.15. The van der Waals surface area contributed by atoms with Crippen LogP contribution in [0.5, 0.6) is 5.75 Å². The first-order valence-electron chi connectivity index (χ1n) is 7.79. The van der Waals surface area contributed by atoms with Crippen LogP contribution in [-0.4, -0.2) is 26.7 Å². The number of aromatic hydroxyl groups is 1. The Morgan fingerprint density at radius 3 is 2.46 bits per heavy atom. The molecular formula is C19H15F2NO4. The summed E-state index contributed by atoms with van der Waals surface area (Å²) in [7, 11) is 0. The first-order chi connectivity index (χ1) is 12.2. The summed E-state index contributed by atoms with van der Waals surface area (Å²) in [5.41, 5.74) is 0.447. The van der Waals surface area contributed by atoms with Gasteiger partial charge in [-0.3, -0.25) is 14.2 Å². The highest BCUT2D eigenvalue weighted by Crippen LogP contribution is 2.37. The number of nitrogens with zero attached hydrogens (tertiary/aromatic N) is 1. The number of aromatic nitrogens is 1. The summed E-state index contributed by atoms with van der Waals surface area (Å²) in [6, 6.07) is 7.43. The summed E-state index contributed by atoms with van der Waals surface area (Å²) in [6.07, 6.45) is 0. The first-order valence-corrected chi connectivity index (χ1v) is 7.79. The fraction of sp³-hybridized carbons (Fsp3) is 0.158. The van der Waals surface area contributed by atoms with Crippen molar-refractivity contribution in [3.8, 4) is 5.75 Å². The van der Waals surface area contributed by atoms with E-state index in [-0.39, 0.29) is 27.7 Å². The van der Waals surface area contributed by atoms with Gasteiger partial charge in [-0.1, -0.05) is 6.07 Å². The molecule has 0 unspecified atom stereocenters. The molecule has 0 radical (unpaired) electrons. The maximum atomic E-state index is 14.6. The second-order valence-corrected chi connectivity index (χ2v) is 6.00. The molecule has 3 rings (SSSR count). The summed E-state index contributed by atoms with van der Waals surface area (Å²) < 4.78 is 29.2. The Balaban J connectivity index is 2.37. The van der Waals surface area contributed by atoms with Crippen LogP contribution in [-0.2, 0) is 4.79 Å². The summed E-state index contributed by atoms with van der Waals surface area (Å²) in [5, 5.41) is 18.9. The van der Waals surface area contributed by atoms with Crippen LogP contribution in [0, 0.1) is 18.6 Å². The van der Waals surface area contributed by atoms with E-state index in [9.17, 15) is 28.6 Å². The Morgan fingerprint density at radius 1 is 1.15 bits per heavy atom. The van der Waals surface area contributed by atoms with Gasteiger partial charge in [-0.05, 0) is 49.7 Å². The number of halogens is 2. The van der Waals surface area contributed by atoms with Crippen molar-refractivity contribution in [3.05, 3.63) is 64.9 Å². The minimum absolute atomic E-state index is 0.0352. The molecular weight excluding hydrogens is 344 g/mol. The minimum Gasteiger partial charge on any atom is -0.505 e. The molecule has 7 heteroatoms. The third kappa shape index (κ3) is 2.61. The second-order valence-electron chi connectivity index (χ2n) is 6.00. The Labute approximate surface area is 147 Å². The highest BCUT2D eigenvalue weighted by molar-refractivity contribution is 6.05. The van der Waals surface area contributed by atoms with Gasteiger partial charge >= 0.3 is 5.97 Å². The normalized spacial score (nSPS) is 12.3. The maximum absolute atomic E-state index is 14.6. The van der Waals surface area contributed by atoms with E-state index < -0.39 is 35.2 Å². The third-order valence-corrected chi connectivity index (χ3v) is 4.41. The molecule has 2 N–H and O–H groups in total. The van der Waals surface area contributed by atoms with E-state index in [2.05, 4.69) is 0 Å². The number of hydrogen-bond donors (Lipinski definition) is 2. The Bertz CT molecular complexity index is 1060. The maximum Gasteiger partial charge on any atom is 0.310 e. The van der Waals surface area contributed by atoms with Gasteiger partial charge in [-0.2, -0.15) is 0 Å². The molecule has 1 heterocycles. The lowest BCUT2D eigenvalue weighted by atomic mass is 9.97. The number of carboxylic acids is 1. The molecule has 0 saturated heterocycles. The Hall–Kier alpha value is -3.22. The standard InChI is InChI=1S/C19H15F2NO4/c1-9(19(25)26)15-10(2)22(13-6-7-14(23)17(21)16(13)15)18(24)11-4-3-5-12(20)8-11/h3-9,23H,1-2H3,(H,25,26)/t9-/m1/s1. The van der Waals surface area contributed by atoms with Crippen molar-refractivity contribution in [1.29, 1.82) is 0 Å². The summed E-state index contributed by atoms with van der Waals surface area (Å²) >= 11 is 0. The van der Waals surface area contributed by atoms with Crippen LogP contribution in [0.15, 0.2) is 36.4 Å². The molecule has 1 atom stereocenters. The molecule has 0 bridgehead atoms. The topological polar surface area (TPSA) is 79.5 Å². The van der Waals surface area contributed by atoms with Gasteiger partial charge in [0.1, 0.15) is 5.82 Å². The zero-order valence-corrected chi connectivity index (χ0v) is 14.0. The zero-order valence-electron chi connectivity index (χ0n) is 14.0. The van der Waals surface area contributed by atoms with Crippen LogP contribution in [0.2, 0.25) is 0 Å². The monoisotopic (exact) mass is 359 g/mol. The predicted octanol–water partition coefficient (Wildman–Crippen LogP) is 3.81. The number of hydrogen-bond acceptors (Lipinski definition) is 3. The smallest absolute Gasteiger partial charge is 0.310 e. The summed E-state index contributed by atoms with van der Waals surface area (Å²) in [6.45, 7) is 2.85. The van der Waals surface area contributed by atoms with Crippen molar-refractivity contribution in [2.24, 2.45) is 0 Å². The SMILES string of the molecule is Cc1c([C@@H](C)C(=O)O)c2c(F)c(O)ccc2n1C(=O)c1cccc(F)c1. The van der Waals surface area contributed by atoms with E-state index in [1.807, 2.05) is 0 Å². The van der Waals surface area contributed by atoms with Crippen LogP contribution >= 0.6 is 0 Å². The number of benzene rings is 2. The van der Waals surface area contributed by atoms with Gasteiger partial charge in [0.05, 0.1) is 11.4 Å². The molecule has 26 heavy (non-hydrogen) atoms. The van der Waals surface area contributed by atoms with Crippen LogP contribution in [0.25, 0.3) is 10.9 Å². The van der Waals surface area contributed by atoms with E-state index >= 15 is 0 Å². The molecule has 0 spiro atoms. The van der Waals surface area contributed by atoms with Gasteiger partial charge in [0.2, 0.25) is 0 Å². The average molecular weight is 359 g/mol. The van der Waals surface area contributed by atoms with Crippen molar-refractivity contribution in [2.75, 3.05) is 0 Å². The Morgan fingerprint density at radius 2 is 1.85 bits per heavy atom. The number of rotatable bonds is 3. The molecule has 0 aliphatic rings. The highest BCUT2D eigenvalue weighted by atomic mass is 19.1. The van der Waals surface area contributed by atoms with Gasteiger partial charge in [-0.25, -0.2) is 8.78 Å². The van der Waals surface area contributed by atoms with Crippen molar-refractivity contribution in [3.63, 3.8) is 0 Å². The van der Waals surface area contributed by atoms with Crippen molar-refractivity contribution in [1.82, 2.24) is 4.57 Å². The highest BCUT2D eigenvalue weighted by Gasteiger charge is 2.29. The molecule has 1 aromatic heterocycles. The second kappa shape index (κ2) is 6.25. The predicted molar refractivity (Wildman–Crippen MR) is 90.5 cm³/mol. The molecule has 0 saturated carbocycles. The summed E-state index contributed by atoms with van der Waals surface area (Å²) in [4.78, 5) is 24.4. The van der Waals surface area contributed by atoms with Crippen LogP contribution in [0.1, 0.15) is 34.5 Å². The van der Waals surface area contributed by atoms with E-state index in [0.29, 0.717) is 0 Å². The molecule has 0 aliphatic carbocycles. The number of fused-ring (bicyclic) bond motifs is 1. The van der Waals surface area contributed by atoms with Gasteiger partial charge in [0.15, 0.2) is 11.6 Å². The van der Waals surface area contributed by atoms with Gasteiger partial charge < -0.3 is 10.2 Å². The van der Waals surface area contributed by atoms with Crippen LogP contribution < -0.4 is 0 Å². The molecule has 0 fully saturated rings. The summed E-state index contributed by atoms with van der Waals surface area (Å²) in [5.74, 6) is -5.19. The number of phenolic OH excluding ortho intramolecular Hbond substituents is 1. The van der Waals surface area contributed by atoms with Crippen LogP contribution in [0.3, 0.4) is 0 Å². The van der Waals surface area contributed by atoms with Crippen molar-refractivity contribution in [2.45, 2.75) is 19.8 Å². The fourth-order valence-corrected chi connectivity index (χ4v) is 3.15. The minimum atomic E-state index is -1.20.